The Hall–Kier alpha value is -1.36. The van der Waals surface area contributed by atoms with Gasteiger partial charge in [0.25, 0.3) is 0 Å². The van der Waals surface area contributed by atoms with Crippen molar-refractivity contribution in [2.45, 2.75) is 0 Å². The first-order valence-electron chi connectivity index (χ1n) is 2.52. The summed E-state index contributed by atoms with van der Waals surface area (Å²) in [7, 11) is -3.98. The van der Waals surface area contributed by atoms with E-state index in [-0.39, 0.29) is 11.2 Å². The lowest BCUT2D eigenvalue weighted by Gasteiger charge is -2.00. The molecule has 0 radical (unpaired) electrons. The second-order valence-corrected chi connectivity index (χ2v) is 6.22. The van der Waals surface area contributed by atoms with Gasteiger partial charge in [-0.2, -0.15) is 9.92 Å². The average molecular weight is 232 g/mol. The van der Waals surface area contributed by atoms with Gasteiger partial charge in [0.1, 0.15) is 5.40 Å². The van der Waals surface area contributed by atoms with Gasteiger partial charge in [-0.25, -0.2) is 4.79 Å². The normalized spacial score (nSPS) is 12.5. The Morgan fingerprint density at radius 3 is 2.54 bits per heavy atom. The van der Waals surface area contributed by atoms with E-state index in [0.29, 0.717) is 0 Å². The maximum atomic E-state index is 10.4. The lowest BCUT2D eigenvalue weighted by molar-refractivity contribution is -0.336. The Morgan fingerprint density at radius 1 is 1.62 bits per heavy atom. The first-order chi connectivity index (χ1) is 6.13. The molecule has 0 amide bonds. The van der Waals surface area contributed by atoms with Crippen LogP contribution in [0.15, 0.2) is 9.32 Å². The van der Waals surface area contributed by atoms with Gasteiger partial charge in [0.15, 0.2) is 0 Å². The molecule has 1 unspecified atom stereocenters. The van der Waals surface area contributed by atoms with Crippen LogP contribution in [0.3, 0.4) is 0 Å². The lowest BCUT2D eigenvalue weighted by atomic mass is 11.7. The quantitative estimate of drug-likeness (QED) is 0.132. The number of carbonyl (C=O) groups excluding carboxylic acids is 1. The second kappa shape index (κ2) is 5.31. The largest absolute Gasteiger partial charge is 0.792 e. The molecule has 0 saturated heterocycles. The third kappa shape index (κ3) is 2.87. The van der Waals surface area contributed by atoms with Gasteiger partial charge in [-0.3, -0.25) is 10.1 Å². The monoisotopic (exact) mass is 232 g/mol. The predicted octanol–water partition coefficient (Wildman–Crippen LogP) is 0.352. The van der Waals surface area contributed by atoms with Gasteiger partial charge in [-0.15, -0.1) is 4.66 Å². The van der Waals surface area contributed by atoms with Crippen molar-refractivity contribution in [2.75, 3.05) is 0 Å². The van der Waals surface area contributed by atoms with Gasteiger partial charge in [0, 0.05) is 4.59 Å². The van der Waals surface area contributed by atoms with Crippen LogP contribution in [0.25, 0.3) is 0 Å². The summed E-state index contributed by atoms with van der Waals surface area (Å²) in [6, 6.07) is 0. The third-order valence-corrected chi connectivity index (χ3v) is 4.77. The summed E-state index contributed by atoms with van der Waals surface area (Å²) in [5.41, 5.74) is 0. The van der Waals surface area contributed by atoms with Crippen LogP contribution in [-0.4, -0.2) is 23.5 Å². The highest BCUT2D eigenvalue weighted by Crippen LogP contribution is 2.21. The molecule has 0 aliphatic carbocycles. The maximum absolute atomic E-state index is 10.4. The van der Waals surface area contributed by atoms with Crippen LogP contribution in [0.5, 0.6) is 0 Å². The third-order valence-electron chi connectivity index (χ3n) is 0.803. The van der Waals surface area contributed by atoms with Crippen molar-refractivity contribution < 1.29 is 9.38 Å². The zero-order valence-electron chi connectivity index (χ0n) is 5.83. The van der Waals surface area contributed by atoms with Crippen LogP contribution < -0.4 is 0 Å². The Morgan fingerprint density at radius 2 is 2.23 bits per heavy atom. The molecule has 0 heterocycles. The molecule has 0 fully saturated rings. The summed E-state index contributed by atoms with van der Waals surface area (Å²) in [5, 5.41) is 21.9. The van der Waals surface area contributed by atoms with E-state index in [1.807, 2.05) is 0 Å². The Labute approximate surface area is 82.2 Å². The van der Waals surface area contributed by atoms with E-state index in [4.69, 9.17) is 5.26 Å². The van der Waals surface area contributed by atoms with Gasteiger partial charge < -0.3 is 0 Å². The van der Waals surface area contributed by atoms with Crippen LogP contribution in [0, 0.1) is 20.8 Å². The molecule has 0 aromatic carbocycles. The molecule has 0 aromatic heterocycles. The van der Waals surface area contributed by atoms with Crippen molar-refractivity contribution in [3.63, 3.8) is 0 Å². The molecular formula is C3N4O3S2Si. The van der Waals surface area contributed by atoms with Gasteiger partial charge in [0.2, 0.25) is 6.08 Å². The molecule has 0 aliphatic rings. The number of isocyanates is 1. The number of isothiocyanates is 1. The van der Waals surface area contributed by atoms with Crippen molar-refractivity contribution >= 4 is 42.4 Å². The van der Waals surface area contributed by atoms with Crippen LogP contribution >= 0.6 is 23.4 Å². The summed E-state index contributed by atoms with van der Waals surface area (Å²) < 4.78 is 5.17. The Bertz CT molecular complexity index is 329. The first-order valence-corrected chi connectivity index (χ1v) is 6.31. The SMILES string of the molecule is N#CS[Si](N=C=O)(N=C=S)[N+](=O)[O-]. The fraction of sp³-hybridized carbons (Fsp3) is 0. The highest BCUT2D eigenvalue weighted by molar-refractivity contribution is 8.30. The highest BCUT2D eigenvalue weighted by atomic mass is 32.4. The predicted molar refractivity (Wildman–Crippen MR) is 49.1 cm³/mol. The summed E-state index contributed by atoms with van der Waals surface area (Å²) in [4.78, 5) is 20.3. The van der Waals surface area contributed by atoms with E-state index in [0.717, 1.165) is 6.08 Å². The smallest absolute Gasteiger partial charge is 0.285 e. The molecule has 1 atom stereocenters. The molecule has 0 bridgehead atoms. The number of nitro groups is 1. The van der Waals surface area contributed by atoms with E-state index in [2.05, 4.69) is 21.5 Å². The van der Waals surface area contributed by atoms with Gasteiger partial charge >= 0.3 is 7.71 Å². The molecule has 13 heavy (non-hydrogen) atoms. The molecule has 66 valence electrons. The topological polar surface area (TPSA) is 109 Å². The summed E-state index contributed by atoms with van der Waals surface area (Å²) in [5.74, 6) is 0. The number of hydrogen-bond donors (Lipinski definition) is 0. The molecule has 0 rings (SSSR count). The summed E-state index contributed by atoms with van der Waals surface area (Å²) >= 11 is 4.35. The fourth-order valence-corrected chi connectivity index (χ4v) is 2.78. The van der Waals surface area contributed by atoms with Crippen molar-refractivity contribution in [3.8, 4) is 5.40 Å². The van der Waals surface area contributed by atoms with E-state index >= 15 is 0 Å². The number of nitriles is 1. The van der Waals surface area contributed by atoms with Crippen LogP contribution in [0.1, 0.15) is 0 Å². The molecule has 0 N–H and O–H groups in total. The second-order valence-electron chi connectivity index (χ2n) is 1.43. The van der Waals surface area contributed by atoms with Gasteiger partial charge in [-0.1, -0.05) is 0 Å². The standard InChI is InChI=1S/C3N4O3S2Si/c4-1-12-13(5-2-8,6-3-11)7(9)10. The fourth-order valence-electron chi connectivity index (χ4n) is 0.370. The minimum Gasteiger partial charge on any atom is -0.285 e. The maximum Gasteiger partial charge on any atom is 0.792 e. The van der Waals surface area contributed by atoms with Crippen LogP contribution in [0.2, 0.25) is 0 Å². The van der Waals surface area contributed by atoms with E-state index in [9.17, 15) is 14.9 Å². The number of rotatable bonds is 4. The highest BCUT2D eigenvalue weighted by Gasteiger charge is 2.57. The first kappa shape index (κ1) is 11.6. The molecule has 0 saturated carbocycles. The van der Waals surface area contributed by atoms with Crippen molar-refractivity contribution in [1.82, 2.24) is 0 Å². The van der Waals surface area contributed by atoms with Crippen LogP contribution in [-0.2, 0) is 4.79 Å². The van der Waals surface area contributed by atoms with Crippen molar-refractivity contribution in [3.05, 3.63) is 10.1 Å². The van der Waals surface area contributed by atoms with Gasteiger partial charge in [0.05, 0.1) is 16.4 Å². The van der Waals surface area contributed by atoms with Gasteiger partial charge in [-0.05, 0) is 12.2 Å². The van der Waals surface area contributed by atoms with Crippen molar-refractivity contribution in [1.29, 1.82) is 5.26 Å². The molecule has 0 aliphatic heterocycles. The molecule has 10 heteroatoms. The van der Waals surface area contributed by atoms with E-state index < -0.39 is 12.3 Å². The Balaban J connectivity index is 5.30. The van der Waals surface area contributed by atoms with E-state index in [1.165, 1.54) is 5.40 Å². The van der Waals surface area contributed by atoms with Crippen LogP contribution in [0.4, 0.5) is 0 Å². The summed E-state index contributed by atoms with van der Waals surface area (Å²) in [6.07, 6.45) is 1.00. The molecular weight excluding hydrogens is 232 g/mol. The average Bonchev–Trinajstić information content (AvgIpc) is 2.05. The number of thiocarbonyl (C=S) groups is 1. The molecule has 0 spiro atoms. The zero-order chi connectivity index (χ0) is 10.3. The molecule has 7 nitrogen and oxygen atoms in total. The zero-order valence-corrected chi connectivity index (χ0v) is 8.46. The Kier molecular flexibility index (Phi) is 4.76. The minimum atomic E-state index is -3.98. The number of thiocyanates is 1. The lowest BCUT2D eigenvalue weighted by Crippen LogP contribution is -2.36. The van der Waals surface area contributed by atoms with Crippen molar-refractivity contribution in [2.24, 2.45) is 9.32 Å². The molecule has 0 aromatic rings. The minimum absolute atomic E-state index is 0.201. The van der Waals surface area contributed by atoms with E-state index in [1.54, 1.807) is 5.16 Å². The number of nitrogens with zero attached hydrogens (tertiary/aromatic N) is 4. The summed E-state index contributed by atoms with van der Waals surface area (Å²) in [6.45, 7) is 0. The number of hydrogen-bond acceptors (Lipinski definition) is 8.